The summed E-state index contributed by atoms with van der Waals surface area (Å²) in [6, 6.07) is 5.42. The van der Waals surface area contributed by atoms with Gasteiger partial charge in [-0.1, -0.05) is 29.3 Å². The van der Waals surface area contributed by atoms with Crippen molar-refractivity contribution in [1.29, 1.82) is 0 Å². The molecule has 4 heteroatoms. The van der Waals surface area contributed by atoms with E-state index < -0.39 is 0 Å². The first kappa shape index (κ1) is 12.0. The minimum Gasteiger partial charge on any atom is -0.490 e. The van der Waals surface area contributed by atoms with Gasteiger partial charge in [0, 0.05) is 0 Å². The highest BCUT2D eigenvalue weighted by Gasteiger charge is 2.15. The molecule has 0 atom stereocenters. The maximum absolute atomic E-state index is 6.03. The lowest BCUT2D eigenvalue weighted by Crippen LogP contribution is -2.30. The second-order valence-corrected chi connectivity index (χ2v) is 4.87. The first-order chi connectivity index (χ1) is 7.77. The first-order valence-corrected chi connectivity index (χ1v) is 6.30. The third-order valence-corrected chi connectivity index (χ3v) is 3.44. The minimum atomic E-state index is 0.585. The number of benzene rings is 1. The van der Waals surface area contributed by atoms with Gasteiger partial charge >= 0.3 is 0 Å². The molecule has 1 aromatic carbocycles. The van der Waals surface area contributed by atoms with Crippen molar-refractivity contribution in [3.63, 3.8) is 0 Å². The molecule has 0 radical (unpaired) electrons. The van der Waals surface area contributed by atoms with Crippen molar-refractivity contribution in [3.05, 3.63) is 28.2 Å². The number of piperidine rings is 1. The number of hydrogen-bond acceptors (Lipinski definition) is 2. The van der Waals surface area contributed by atoms with E-state index in [0.29, 0.717) is 28.3 Å². The van der Waals surface area contributed by atoms with Crippen LogP contribution in [0.5, 0.6) is 5.75 Å². The molecule has 88 valence electrons. The molecule has 2 nitrogen and oxygen atoms in total. The zero-order valence-electron chi connectivity index (χ0n) is 9.01. The van der Waals surface area contributed by atoms with Crippen LogP contribution in [0.3, 0.4) is 0 Å². The Morgan fingerprint density at radius 3 is 2.44 bits per heavy atom. The Balaban J connectivity index is 1.93. The van der Waals surface area contributed by atoms with Gasteiger partial charge in [-0.05, 0) is 44.0 Å². The van der Waals surface area contributed by atoms with Crippen LogP contribution in [-0.2, 0) is 0 Å². The minimum absolute atomic E-state index is 0.585. The predicted octanol–water partition coefficient (Wildman–Crippen LogP) is 3.37. The molecule has 1 N–H and O–H groups in total. The van der Waals surface area contributed by atoms with Crippen molar-refractivity contribution in [2.24, 2.45) is 5.92 Å². The first-order valence-electron chi connectivity index (χ1n) is 5.55. The van der Waals surface area contributed by atoms with Crippen molar-refractivity contribution in [1.82, 2.24) is 5.32 Å². The van der Waals surface area contributed by atoms with Gasteiger partial charge in [0.15, 0.2) is 5.75 Å². The average Bonchev–Trinajstić information content (AvgIpc) is 2.30. The molecule has 2 rings (SSSR count). The normalized spacial score (nSPS) is 17.4. The number of halogens is 2. The van der Waals surface area contributed by atoms with Crippen LogP contribution in [0.4, 0.5) is 0 Å². The van der Waals surface area contributed by atoms with Crippen LogP contribution >= 0.6 is 23.2 Å². The van der Waals surface area contributed by atoms with Crippen LogP contribution in [0.1, 0.15) is 12.8 Å². The van der Waals surface area contributed by atoms with Gasteiger partial charge in [-0.3, -0.25) is 0 Å². The smallest absolute Gasteiger partial charge is 0.156 e. The third-order valence-electron chi connectivity index (χ3n) is 2.84. The number of ether oxygens (including phenoxy) is 1. The van der Waals surface area contributed by atoms with E-state index in [2.05, 4.69) is 5.32 Å². The fourth-order valence-electron chi connectivity index (χ4n) is 1.87. The molecule has 0 saturated carbocycles. The van der Waals surface area contributed by atoms with Gasteiger partial charge in [0.05, 0.1) is 16.7 Å². The molecule has 1 heterocycles. The maximum Gasteiger partial charge on any atom is 0.156 e. The van der Waals surface area contributed by atoms with Crippen molar-refractivity contribution < 1.29 is 4.74 Å². The lowest BCUT2D eigenvalue weighted by Gasteiger charge is -2.23. The Bertz CT molecular complexity index is 331. The van der Waals surface area contributed by atoms with Crippen molar-refractivity contribution in [2.45, 2.75) is 12.8 Å². The van der Waals surface area contributed by atoms with Gasteiger partial charge in [-0.15, -0.1) is 0 Å². The van der Waals surface area contributed by atoms with E-state index in [1.807, 2.05) is 6.07 Å². The van der Waals surface area contributed by atoms with Gasteiger partial charge in [0.2, 0.25) is 0 Å². The summed E-state index contributed by atoms with van der Waals surface area (Å²) < 4.78 is 5.72. The van der Waals surface area contributed by atoms with E-state index in [4.69, 9.17) is 27.9 Å². The number of hydrogen-bond donors (Lipinski definition) is 1. The zero-order chi connectivity index (χ0) is 11.4. The van der Waals surface area contributed by atoms with Crippen molar-refractivity contribution in [3.8, 4) is 5.75 Å². The Kier molecular flexibility index (Phi) is 4.33. The summed E-state index contributed by atoms with van der Waals surface area (Å²) >= 11 is 12.1. The molecule has 1 aliphatic rings. The fraction of sp³-hybridized carbons (Fsp3) is 0.500. The number of rotatable bonds is 3. The largest absolute Gasteiger partial charge is 0.490 e. The molecule has 0 spiro atoms. The quantitative estimate of drug-likeness (QED) is 0.899. The summed E-state index contributed by atoms with van der Waals surface area (Å²) in [4.78, 5) is 0. The standard InChI is InChI=1S/C12H15Cl2NO/c13-10-2-1-3-11(14)12(10)16-8-9-4-6-15-7-5-9/h1-3,9,15H,4-8H2. The monoisotopic (exact) mass is 259 g/mol. The lowest BCUT2D eigenvalue weighted by atomic mass is 9.99. The van der Waals surface area contributed by atoms with Crippen LogP contribution in [-0.4, -0.2) is 19.7 Å². The lowest BCUT2D eigenvalue weighted by molar-refractivity contribution is 0.215. The highest BCUT2D eigenvalue weighted by atomic mass is 35.5. The average molecular weight is 260 g/mol. The van der Waals surface area contributed by atoms with E-state index in [1.165, 1.54) is 0 Å². The molecule has 1 aromatic rings. The topological polar surface area (TPSA) is 21.3 Å². The highest BCUT2D eigenvalue weighted by molar-refractivity contribution is 6.37. The third kappa shape index (κ3) is 3.03. The van der Waals surface area contributed by atoms with E-state index in [-0.39, 0.29) is 0 Å². The molecule has 0 aromatic heterocycles. The van der Waals surface area contributed by atoms with E-state index in [1.54, 1.807) is 12.1 Å². The zero-order valence-corrected chi connectivity index (χ0v) is 10.5. The number of nitrogens with one attached hydrogen (secondary N) is 1. The Labute approximate surface area is 106 Å². The molecule has 1 aliphatic heterocycles. The van der Waals surface area contributed by atoms with Gasteiger partial charge in [0.25, 0.3) is 0 Å². The second-order valence-electron chi connectivity index (χ2n) is 4.06. The summed E-state index contributed by atoms with van der Waals surface area (Å²) in [5.41, 5.74) is 0. The van der Waals surface area contributed by atoms with Gasteiger partial charge in [0.1, 0.15) is 0 Å². The summed E-state index contributed by atoms with van der Waals surface area (Å²) in [5, 5.41) is 4.50. The highest BCUT2D eigenvalue weighted by Crippen LogP contribution is 2.32. The van der Waals surface area contributed by atoms with E-state index in [9.17, 15) is 0 Å². The molecular weight excluding hydrogens is 245 g/mol. The maximum atomic E-state index is 6.03. The summed E-state index contributed by atoms with van der Waals surface area (Å²) in [6.07, 6.45) is 2.31. The predicted molar refractivity (Wildman–Crippen MR) is 67.6 cm³/mol. The van der Waals surface area contributed by atoms with Gasteiger partial charge < -0.3 is 10.1 Å². The van der Waals surface area contributed by atoms with Crippen LogP contribution in [0.2, 0.25) is 10.0 Å². The van der Waals surface area contributed by atoms with Crippen LogP contribution in [0.25, 0.3) is 0 Å². The molecule has 0 aliphatic carbocycles. The molecule has 1 fully saturated rings. The SMILES string of the molecule is Clc1cccc(Cl)c1OCC1CCNCC1. The molecule has 0 unspecified atom stereocenters. The Morgan fingerprint density at radius 2 is 1.81 bits per heavy atom. The van der Waals surface area contributed by atoms with Crippen molar-refractivity contribution >= 4 is 23.2 Å². The van der Waals surface area contributed by atoms with Crippen molar-refractivity contribution in [2.75, 3.05) is 19.7 Å². The van der Waals surface area contributed by atoms with Crippen LogP contribution < -0.4 is 10.1 Å². The van der Waals surface area contributed by atoms with Gasteiger partial charge in [-0.2, -0.15) is 0 Å². The summed E-state index contributed by atoms with van der Waals surface area (Å²) in [7, 11) is 0. The van der Waals surface area contributed by atoms with Crippen LogP contribution in [0.15, 0.2) is 18.2 Å². The Hall–Kier alpha value is -0.440. The molecule has 1 saturated heterocycles. The molecule has 0 amide bonds. The van der Waals surface area contributed by atoms with Crippen LogP contribution in [0, 0.1) is 5.92 Å². The summed E-state index contributed by atoms with van der Waals surface area (Å²) in [6.45, 7) is 2.85. The van der Waals surface area contributed by atoms with E-state index >= 15 is 0 Å². The van der Waals surface area contributed by atoms with E-state index in [0.717, 1.165) is 25.9 Å². The fourth-order valence-corrected chi connectivity index (χ4v) is 2.38. The molecule has 16 heavy (non-hydrogen) atoms. The second kappa shape index (κ2) is 5.76. The number of para-hydroxylation sites is 1. The summed E-state index contributed by atoms with van der Waals surface area (Å²) in [5.74, 6) is 1.22. The Morgan fingerprint density at radius 1 is 1.19 bits per heavy atom. The molecule has 0 bridgehead atoms. The van der Waals surface area contributed by atoms with Gasteiger partial charge in [-0.25, -0.2) is 0 Å². The molecular formula is C12H15Cl2NO.